The number of nitrogens with one attached hydrogen (secondary N) is 2. The third-order valence-corrected chi connectivity index (χ3v) is 8.45. The van der Waals surface area contributed by atoms with Crippen LogP contribution in [0.4, 0.5) is 11.4 Å². The zero-order valence-electron chi connectivity index (χ0n) is 18.8. The van der Waals surface area contributed by atoms with Gasteiger partial charge in [-0.1, -0.05) is 29.0 Å². The van der Waals surface area contributed by atoms with Crippen molar-refractivity contribution in [3.63, 3.8) is 0 Å². The second-order valence-electron chi connectivity index (χ2n) is 8.17. The first-order valence-corrected chi connectivity index (χ1v) is 13.1. The Morgan fingerprint density at radius 3 is 2.32 bits per heavy atom. The first kappa shape index (κ1) is 24.0. The van der Waals surface area contributed by atoms with E-state index in [0.717, 1.165) is 12.0 Å². The molecule has 0 radical (unpaired) electrons. The van der Waals surface area contributed by atoms with E-state index in [1.54, 1.807) is 12.1 Å². The highest BCUT2D eigenvalue weighted by Crippen LogP contribution is 2.32. The Hall–Kier alpha value is -3.15. The lowest BCUT2D eigenvalue weighted by Gasteiger charge is -2.30. The van der Waals surface area contributed by atoms with Crippen LogP contribution >= 0.6 is 11.3 Å². The van der Waals surface area contributed by atoms with E-state index in [2.05, 4.69) is 20.8 Å². The number of sulfonamides is 1. The predicted molar refractivity (Wildman–Crippen MR) is 131 cm³/mol. The third-order valence-electron chi connectivity index (χ3n) is 5.49. The van der Waals surface area contributed by atoms with E-state index in [0.29, 0.717) is 29.3 Å². The summed E-state index contributed by atoms with van der Waals surface area (Å²) in [4.78, 5) is 23.9. The smallest absolute Gasteiger partial charge is 0.286 e. The quantitative estimate of drug-likeness (QED) is 0.534. The summed E-state index contributed by atoms with van der Waals surface area (Å²) in [7, 11) is -3.70. The zero-order valence-corrected chi connectivity index (χ0v) is 20.4. The van der Waals surface area contributed by atoms with Crippen molar-refractivity contribution in [3.8, 4) is 0 Å². The number of aromatic nitrogens is 2. The molecule has 178 valence electrons. The van der Waals surface area contributed by atoms with Crippen LogP contribution in [-0.4, -0.2) is 47.8 Å². The van der Waals surface area contributed by atoms with Crippen molar-refractivity contribution < 1.29 is 18.0 Å². The van der Waals surface area contributed by atoms with E-state index >= 15 is 0 Å². The molecule has 9 nitrogen and oxygen atoms in total. The molecular formula is C23H25N5O4S2. The van der Waals surface area contributed by atoms with Gasteiger partial charge in [-0.15, -0.1) is 10.2 Å². The summed E-state index contributed by atoms with van der Waals surface area (Å²) >= 11 is 1.19. The van der Waals surface area contributed by atoms with Gasteiger partial charge in [-0.2, -0.15) is 4.31 Å². The van der Waals surface area contributed by atoms with Crippen LogP contribution in [0.3, 0.4) is 0 Å². The number of benzene rings is 2. The summed E-state index contributed by atoms with van der Waals surface area (Å²) in [5, 5.41) is 14.6. The molecule has 34 heavy (non-hydrogen) atoms. The molecule has 2 heterocycles. The van der Waals surface area contributed by atoms with Crippen molar-refractivity contribution in [1.29, 1.82) is 0 Å². The molecule has 4 rings (SSSR count). The van der Waals surface area contributed by atoms with Gasteiger partial charge in [-0.05, 0) is 56.2 Å². The Kier molecular flexibility index (Phi) is 7.05. The van der Waals surface area contributed by atoms with Crippen LogP contribution < -0.4 is 10.6 Å². The van der Waals surface area contributed by atoms with Gasteiger partial charge in [-0.3, -0.25) is 9.59 Å². The van der Waals surface area contributed by atoms with Gasteiger partial charge in [0.1, 0.15) is 5.01 Å². The van der Waals surface area contributed by atoms with Crippen LogP contribution in [-0.2, 0) is 14.8 Å². The Morgan fingerprint density at radius 2 is 1.65 bits per heavy atom. The van der Waals surface area contributed by atoms with E-state index in [4.69, 9.17) is 0 Å². The number of hydrogen-bond donors (Lipinski definition) is 2. The average molecular weight is 500 g/mol. The molecule has 0 saturated carbocycles. The molecule has 2 amide bonds. The van der Waals surface area contributed by atoms with E-state index in [9.17, 15) is 18.0 Å². The van der Waals surface area contributed by atoms with Crippen molar-refractivity contribution in [3.05, 3.63) is 64.1 Å². The van der Waals surface area contributed by atoms with Gasteiger partial charge in [0.15, 0.2) is 0 Å². The normalized spacial score (nSPS) is 16.7. The fourth-order valence-electron chi connectivity index (χ4n) is 3.74. The summed E-state index contributed by atoms with van der Waals surface area (Å²) in [5.74, 6) is -0.703. The highest BCUT2D eigenvalue weighted by molar-refractivity contribution is 7.89. The highest BCUT2D eigenvalue weighted by Gasteiger charge is 2.33. The average Bonchev–Trinajstić information content (AvgIpc) is 3.31. The molecule has 0 bridgehead atoms. The van der Waals surface area contributed by atoms with Crippen LogP contribution in [0.15, 0.2) is 53.4 Å². The van der Waals surface area contributed by atoms with E-state index in [1.807, 2.05) is 31.2 Å². The van der Waals surface area contributed by atoms with Crippen molar-refractivity contribution >= 4 is 44.5 Å². The Bertz CT molecular complexity index is 1290. The Morgan fingerprint density at radius 1 is 1.00 bits per heavy atom. The highest BCUT2D eigenvalue weighted by atomic mass is 32.2. The summed E-state index contributed by atoms with van der Waals surface area (Å²) < 4.78 is 27.8. The number of amides is 2. The molecule has 1 unspecified atom stereocenters. The minimum atomic E-state index is -3.70. The lowest BCUT2D eigenvalue weighted by molar-refractivity contribution is -0.114. The van der Waals surface area contributed by atoms with Crippen LogP contribution in [0.5, 0.6) is 0 Å². The number of carbonyl (C=O) groups is 2. The second-order valence-corrected chi connectivity index (χ2v) is 11.1. The summed E-state index contributed by atoms with van der Waals surface area (Å²) in [5.41, 5.74) is 2.30. The van der Waals surface area contributed by atoms with Gasteiger partial charge < -0.3 is 10.6 Å². The third kappa shape index (κ3) is 5.49. The summed E-state index contributed by atoms with van der Waals surface area (Å²) in [6.07, 6.45) is 1.44. The maximum Gasteiger partial charge on any atom is 0.286 e. The fourth-order valence-corrected chi connectivity index (χ4v) is 6.13. The van der Waals surface area contributed by atoms with E-state index in [-0.39, 0.29) is 34.2 Å². The molecule has 1 aliphatic heterocycles. The van der Waals surface area contributed by atoms with Crippen molar-refractivity contribution in [2.45, 2.75) is 37.5 Å². The number of anilines is 2. The number of piperidine rings is 1. The second kappa shape index (κ2) is 10.00. The Balaban J connectivity index is 1.44. The van der Waals surface area contributed by atoms with Crippen molar-refractivity contribution in [1.82, 2.24) is 14.5 Å². The van der Waals surface area contributed by atoms with Gasteiger partial charge in [-0.25, -0.2) is 8.42 Å². The number of carbonyl (C=O) groups excluding carboxylic acids is 2. The molecule has 1 aromatic heterocycles. The molecule has 11 heteroatoms. The van der Waals surface area contributed by atoms with Crippen LogP contribution in [0.2, 0.25) is 0 Å². The summed E-state index contributed by atoms with van der Waals surface area (Å²) in [6.45, 7) is 4.04. The minimum Gasteiger partial charge on any atom is -0.326 e. The Labute approximate surface area is 202 Å². The van der Waals surface area contributed by atoms with E-state index in [1.165, 1.54) is 34.7 Å². The summed E-state index contributed by atoms with van der Waals surface area (Å²) in [6, 6.07) is 13.6. The number of rotatable bonds is 6. The van der Waals surface area contributed by atoms with Crippen molar-refractivity contribution in [2.24, 2.45) is 0 Å². The molecule has 1 fully saturated rings. The molecule has 0 aliphatic carbocycles. The molecule has 2 aromatic carbocycles. The molecule has 2 N–H and O–H groups in total. The van der Waals surface area contributed by atoms with Gasteiger partial charge in [0.2, 0.25) is 20.9 Å². The van der Waals surface area contributed by atoms with Crippen LogP contribution in [0, 0.1) is 6.92 Å². The van der Waals surface area contributed by atoms with Gasteiger partial charge in [0.05, 0.1) is 4.90 Å². The monoisotopic (exact) mass is 499 g/mol. The SMILES string of the molecule is CC(=O)Nc1ccc(S(=O)(=O)N2CCCC(c3nnc(C(=O)Nc4ccc(C)cc4)s3)C2)cc1. The number of nitrogens with zero attached hydrogens (tertiary/aromatic N) is 3. The number of aryl methyl sites for hydroxylation is 1. The largest absolute Gasteiger partial charge is 0.326 e. The molecule has 3 aromatic rings. The molecule has 1 atom stereocenters. The van der Waals surface area contributed by atoms with Crippen LogP contribution in [0.25, 0.3) is 0 Å². The first-order chi connectivity index (χ1) is 16.2. The molecule has 0 spiro atoms. The zero-order chi connectivity index (χ0) is 24.3. The maximum absolute atomic E-state index is 13.2. The van der Waals surface area contributed by atoms with Gasteiger partial charge in [0, 0.05) is 37.3 Å². The standard InChI is InChI=1S/C23H25N5O4S2/c1-15-5-7-19(8-6-15)25-21(30)23-27-26-22(33-23)17-4-3-13-28(14-17)34(31,32)20-11-9-18(10-12-20)24-16(2)29/h5-12,17H,3-4,13-14H2,1-2H3,(H,24,29)(H,25,30). The lowest BCUT2D eigenvalue weighted by atomic mass is 10.0. The minimum absolute atomic E-state index is 0.138. The topological polar surface area (TPSA) is 121 Å². The first-order valence-electron chi connectivity index (χ1n) is 10.8. The van der Waals surface area contributed by atoms with E-state index < -0.39 is 10.0 Å². The fraction of sp³-hybridized carbons (Fsp3) is 0.304. The lowest BCUT2D eigenvalue weighted by Crippen LogP contribution is -2.39. The maximum atomic E-state index is 13.2. The van der Waals surface area contributed by atoms with Crippen LogP contribution in [0.1, 0.15) is 46.1 Å². The van der Waals surface area contributed by atoms with Crippen molar-refractivity contribution in [2.75, 3.05) is 23.7 Å². The predicted octanol–water partition coefficient (Wildman–Crippen LogP) is 3.63. The van der Waals surface area contributed by atoms with Gasteiger partial charge in [0.25, 0.3) is 5.91 Å². The molecule has 1 aliphatic rings. The molecule has 1 saturated heterocycles. The number of hydrogen-bond acceptors (Lipinski definition) is 7. The molecular weight excluding hydrogens is 474 g/mol. The van der Waals surface area contributed by atoms with Gasteiger partial charge >= 0.3 is 0 Å².